The lowest BCUT2D eigenvalue weighted by molar-refractivity contribution is 0.414. The van der Waals surface area contributed by atoms with Gasteiger partial charge in [-0.1, -0.05) is 11.8 Å². The minimum atomic E-state index is -3.17. The summed E-state index contributed by atoms with van der Waals surface area (Å²) in [4.78, 5) is 2.09. The Morgan fingerprint density at radius 1 is 1.10 bits per heavy atom. The molecular weight excluding hydrogens is 294 g/mol. The molecule has 6 heteroatoms. The Morgan fingerprint density at radius 2 is 1.75 bits per heavy atom. The SMILES string of the molecule is COc1ccc(N)c(Sc2ccc(S(C)(=O)=O)cc2)c1. The van der Waals surface area contributed by atoms with E-state index in [1.165, 1.54) is 18.0 Å². The number of ether oxygens (including phenoxy) is 1. The lowest BCUT2D eigenvalue weighted by atomic mass is 10.3. The summed E-state index contributed by atoms with van der Waals surface area (Å²) in [6, 6.07) is 12.1. The Kier molecular flexibility index (Phi) is 4.25. The van der Waals surface area contributed by atoms with Crippen molar-refractivity contribution in [1.82, 2.24) is 0 Å². The number of nitrogen functional groups attached to an aromatic ring is 1. The van der Waals surface area contributed by atoms with Crippen LogP contribution in [0.25, 0.3) is 0 Å². The quantitative estimate of drug-likeness (QED) is 0.880. The summed E-state index contributed by atoms with van der Waals surface area (Å²) in [5, 5.41) is 0. The summed E-state index contributed by atoms with van der Waals surface area (Å²) in [7, 11) is -1.57. The van der Waals surface area contributed by atoms with Gasteiger partial charge < -0.3 is 10.5 Å². The molecule has 0 aliphatic rings. The van der Waals surface area contributed by atoms with Gasteiger partial charge in [-0.3, -0.25) is 0 Å². The average molecular weight is 309 g/mol. The number of benzene rings is 2. The van der Waals surface area contributed by atoms with Crippen molar-refractivity contribution in [1.29, 1.82) is 0 Å². The number of hydrogen-bond donors (Lipinski definition) is 1. The van der Waals surface area contributed by atoms with Crippen molar-refractivity contribution in [3.8, 4) is 5.75 Å². The van der Waals surface area contributed by atoms with Gasteiger partial charge in [0.15, 0.2) is 9.84 Å². The van der Waals surface area contributed by atoms with Crippen molar-refractivity contribution in [3.63, 3.8) is 0 Å². The average Bonchev–Trinajstić information content (AvgIpc) is 2.41. The Bertz CT molecular complexity index is 710. The fourth-order valence-electron chi connectivity index (χ4n) is 1.61. The van der Waals surface area contributed by atoms with Gasteiger partial charge in [0, 0.05) is 21.7 Å². The lowest BCUT2D eigenvalue weighted by Crippen LogP contribution is -1.96. The molecule has 0 amide bonds. The first-order valence-electron chi connectivity index (χ1n) is 5.81. The van der Waals surface area contributed by atoms with Crippen LogP contribution in [0.15, 0.2) is 57.2 Å². The number of anilines is 1. The molecule has 0 spiro atoms. The molecule has 106 valence electrons. The number of nitrogens with two attached hydrogens (primary N) is 1. The lowest BCUT2D eigenvalue weighted by Gasteiger charge is -2.08. The summed E-state index contributed by atoms with van der Waals surface area (Å²) in [6.07, 6.45) is 1.19. The summed E-state index contributed by atoms with van der Waals surface area (Å²) in [5.41, 5.74) is 6.57. The molecule has 0 fully saturated rings. The fourth-order valence-corrected chi connectivity index (χ4v) is 3.13. The van der Waals surface area contributed by atoms with E-state index in [0.717, 1.165) is 15.5 Å². The van der Waals surface area contributed by atoms with Gasteiger partial charge >= 0.3 is 0 Å². The first-order valence-corrected chi connectivity index (χ1v) is 8.52. The first-order chi connectivity index (χ1) is 9.40. The van der Waals surface area contributed by atoms with Crippen LogP contribution >= 0.6 is 11.8 Å². The van der Waals surface area contributed by atoms with Gasteiger partial charge in [0.2, 0.25) is 0 Å². The molecule has 0 saturated carbocycles. The molecule has 2 rings (SSSR count). The van der Waals surface area contributed by atoms with Crippen LogP contribution in [0.1, 0.15) is 0 Å². The van der Waals surface area contributed by atoms with Gasteiger partial charge in [-0.25, -0.2) is 8.42 Å². The van der Waals surface area contributed by atoms with Gasteiger partial charge in [-0.05, 0) is 42.5 Å². The Balaban J connectivity index is 2.26. The Labute approximate surface area is 122 Å². The van der Waals surface area contributed by atoms with Crippen LogP contribution in [0, 0.1) is 0 Å². The van der Waals surface area contributed by atoms with Crippen LogP contribution in [-0.4, -0.2) is 21.8 Å². The molecule has 0 bridgehead atoms. The van der Waals surface area contributed by atoms with E-state index in [1.807, 2.05) is 6.07 Å². The molecule has 20 heavy (non-hydrogen) atoms. The zero-order chi connectivity index (χ0) is 14.8. The second-order valence-corrected chi connectivity index (χ2v) is 7.38. The highest BCUT2D eigenvalue weighted by molar-refractivity contribution is 7.99. The van der Waals surface area contributed by atoms with E-state index in [-0.39, 0.29) is 0 Å². The Morgan fingerprint density at radius 3 is 2.30 bits per heavy atom. The predicted molar refractivity (Wildman–Crippen MR) is 81.1 cm³/mol. The minimum absolute atomic E-state index is 0.306. The van der Waals surface area contributed by atoms with Crippen molar-refractivity contribution in [2.75, 3.05) is 19.1 Å². The highest BCUT2D eigenvalue weighted by Crippen LogP contribution is 2.34. The Hall–Kier alpha value is -1.66. The number of sulfone groups is 1. The molecule has 0 atom stereocenters. The third-order valence-electron chi connectivity index (χ3n) is 2.70. The second kappa shape index (κ2) is 5.76. The molecule has 0 saturated heterocycles. The van der Waals surface area contributed by atoms with E-state index < -0.39 is 9.84 Å². The van der Waals surface area contributed by atoms with E-state index in [9.17, 15) is 8.42 Å². The van der Waals surface area contributed by atoms with Crippen LogP contribution in [0.2, 0.25) is 0 Å². The van der Waals surface area contributed by atoms with E-state index in [0.29, 0.717) is 10.6 Å². The van der Waals surface area contributed by atoms with Gasteiger partial charge in [-0.2, -0.15) is 0 Å². The number of rotatable bonds is 4. The molecule has 2 N–H and O–H groups in total. The van der Waals surface area contributed by atoms with Crippen LogP contribution in [0.3, 0.4) is 0 Å². The van der Waals surface area contributed by atoms with Crippen molar-refractivity contribution in [2.24, 2.45) is 0 Å². The molecular formula is C14H15NO3S2. The van der Waals surface area contributed by atoms with Gasteiger partial charge in [0.05, 0.1) is 12.0 Å². The van der Waals surface area contributed by atoms with Gasteiger partial charge in [0.25, 0.3) is 0 Å². The maximum Gasteiger partial charge on any atom is 0.175 e. The van der Waals surface area contributed by atoms with E-state index >= 15 is 0 Å². The third-order valence-corrected chi connectivity index (χ3v) is 4.91. The highest BCUT2D eigenvalue weighted by atomic mass is 32.2. The highest BCUT2D eigenvalue weighted by Gasteiger charge is 2.08. The monoisotopic (exact) mass is 309 g/mol. The summed E-state index contributed by atoms with van der Waals surface area (Å²) in [6.45, 7) is 0. The number of methoxy groups -OCH3 is 1. The molecule has 2 aromatic rings. The van der Waals surface area contributed by atoms with Gasteiger partial charge in [0.1, 0.15) is 5.75 Å². The van der Waals surface area contributed by atoms with Crippen molar-refractivity contribution < 1.29 is 13.2 Å². The maximum absolute atomic E-state index is 11.4. The smallest absolute Gasteiger partial charge is 0.175 e. The summed E-state index contributed by atoms with van der Waals surface area (Å²) < 4.78 is 28.0. The molecule has 0 radical (unpaired) electrons. The normalized spacial score (nSPS) is 11.3. The molecule has 0 aromatic heterocycles. The topological polar surface area (TPSA) is 69.4 Å². The first kappa shape index (κ1) is 14.7. The minimum Gasteiger partial charge on any atom is -0.497 e. The predicted octanol–water partition coefficient (Wildman–Crippen LogP) is 2.83. The number of hydrogen-bond acceptors (Lipinski definition) is 5. The van der Waals surface area contributed by atoms with Crippen molar-refractivity contribution in [2.45, 2.75) is 14.7 Å². The van der Waals surface area contributed by atoms with E-state index in [1.54, 1.807) is 43.5 Å². The molecule has 2 aromatic carbocycles. The zero-order valence-electron chi connectivity index (χ0n) is 11.2. The molecule has 0 aliphatic heterocycles. The van der Waals surface area contributed by atoms with Crippen LogP contribution in [-0.2, 0) is 9.84 Å². The second-order valence-electron chi connectivity index (χ2n) is 4.25. The maximum atomic E-state index is 11.4. The zero-order valence-corrected chi connectivity index (χ0v) is 12.8. The third kappa shape index (κ3) is 3.46. The fraction of sp³-hybridized carbons (Fsp3) is 0.143. The van der Waals surface area contributed by atoms with Crippen LogP contribution < -0.4 is 10.5 Å². The largest absolute Gasteiger partial charge is 0.497 e. The molecule has 0 aliphatic carbocycles. The van der Waals surface area contributed by atoms with E-state index in [4.69, 9.17) is 10.5 Å². The van der Waals surface area contributed by atoms with Crippen molar-refractivity contribution >= 4 is 27.3 Å². The standard InChI is InChI=1S/C14H15NO3S2/c1-18-10-3-8-13(15)14(9-10)19-11-4-6-12(7-5-11)20(2,16)17/h3-9H,15H2,1-2H3. The van der Waals surface area contributed by atoms with Crippen molar-refractivity contribution in [3.05, 3.63) is 42.5 Å². The van der Waals surface area contributed by atoms with Crippen LogP contribution in [0.5, 0.6) is 5.75 Å². The van der Waals surface area contributed by atoms with Gasteiger partial charge in [-0.15, -0.1) is 0 Å². The van der Waals surface area contributed by atoms with Crippen LogP contribution in [0.4, 0.5) is 5.69 Å². The molecule has 4 nitrogen and oxygen atoms in total. The summed E-state index contributed by atoms with van der Waals surface area (Å²) in [5.74, 6) is 0.731. The molecule has 0 unspecified atom stereocenters. The summed E-state index contributed by atoms with van der Waals surface area (Å²) >= 11 is 1.46. The van der Waals surface area contributed by atoms with E-state index in [2.05, 4.69) is 0 Å². The molecule has 0 heterocycles.